The molecule has 3 nitrogen and oxygen atoms in total. The van der Waals surface area contributed by atoms with Crippen LogP contribution in [-0.2, 0) is 9.53 Å². The first kappa shape index (κ1) is 12.4. The summed E-state index contributed by atoms with van der Waals surface area (Å²) in [6.45, 7) is 5.53. The summed E-state index contributed by atoms with van der Waals surface area (Å²) >= 11 is 0. The van der Waals surface area contributed by atoms with Crippen molar-refractivity contribution in [2.75, 3.05) is 20.3 Å². The van der Waals surface area contributed by atoms with E-state index < -0.39 is 0 Å². The predicted molar refractivity (Wildman–Crippen MR) is 53.6 cm³/mol. The normalized spacial score (nSPS) is 10.5. The van der Waals surface area contributed by atoms with E-state index in [1.807, 2.05) is 13.8 Å². The molecule has 0 spiro atoms. The van der Waals surface area contributed by atoms with Crippen molar-refractivity contribution in [3.8, 4) is 0 Å². The molecule has 0 fully saturated rings. The van der Waals surface area contributed by atoms with Gasteiger partial charge in [0.05, 0.1) is 0 Å². The molecular weight excluding hydrogens is 166 g/mol. The Balaban J connectivity index is 3.48. The van der Waals surface area contributed by atoms with Gasteiger partial charge in [-0.15, -0.1) is 0 Å². The largest absolute Gasteiger partial charge is 0.385 e. The van der Waals surface area contributed by atoms with Gasteiger partial charge >= 0.3 is 0 Å². The zero-order chi connectivity index (χ0) is 10.1. The summed E-state index contributed by atoms with van der Waals surface area (Å²) in [5.41, 5.74) is 0. The zero-order valence-electron chi connectivity index (χ0n) is 8.93. The van der Waals surface area contributed by atoms with Crippen LogP contribution >= 0.6 is 0 Å². The Labute approximate surface area is 80.8 Å². The van der Waals surface area contributed by atoms with Gasteiger partial charge in [0, 0.05) is 26.2 Å². The second-order valence-corrected chi connectivity index (χ2v) is 3.15. The summed E-state index contributed by atoms with van der Waals surface area (Å²) in [5.74, 6) is 0.364. The van der Waals surface area contributed by atoms with E-state index in [1.165, 1.54) is 0 Å². The number of rotatable bonds is 7. The highest BCUT2D eigenvalue weighted by Gasteiger charge is 2.12. The Morgan fingerprint density at radius 1 is 1.38 bits per heavy atom. The molecule has 0 aromatic heterocycles. The van der Waals surface area contributed by atoms with E-state index >= 15 is 0 Å². The lowest BCUT2D eigenvalue weighted by Gasteiger charge is -2.12. The molecule has 0 unspecified atom stereocenters. The first-order chi connectivity index (χ1) is 6.26. The summed E-state index contributed by atoms with van der Waals surface area (Å²) in [7, 11) is 1.67. The molecule has 3 heteroatoms. The van der Waals surface area contributed by atoms with Gasteiger partial charge in [-0.1, -0.05) is 13.8 Å². The van der Waals surface area contributed by atoms with E-state index in [2.05, 4.69) is 5.32 Å². The molecule has 13 heavy (non-hydrogen) atoms. The van der Waals surface area contributed by atoms with Crippen LogP contribution in [0, 0.1) is 5.92 Å². The number of carbonyl (C=O) groups excluding carboxylic acids is 1. The molecule has 0 aromatic rings. The lowest BCUT2D eigenvalue weighted by atomic mass is 10.0. The topological polar surface area (TPSA) is 38.3 Å². The summed E-state index contributed by atoms with van der Waals surface area (Å²) in [4.78, 5) is 11.4. The lowest BCUT2D eigenvalue weighted by molar-refractivity contribution is -0.125. The van der Waals surface area contributed by atoms with Crippen LogP contribution in [0.15, 0.2) is 0 Å². The smallest absolute Gasteiger partial charge is 0.223 e. The Morgan fingerprint density at radius 3 is 2.46 bits per heavy atom. The van der Waals surface area contributed by atoms with Gasteiger partial charge in [0.25, 0.3) is 0 Å². The molecule has 0 aliphatic heterocycles. The summed E-state index contributed by atoms with van der Waals surface area (Å²) in [6.07, 6.45) is 2.74. The van der Waals surface area contributed by atoms with Crippen molar-refractivity contribution in [2.45, 2.75) is 33.1 Å². The van der Waals surface area contributed by atoms with Crippen LogP contribution in [0.3, 0.4) is 0 Å². The maximum Gasteiger partial charge on any atom is 0.223 e. The second kappa shape index (κ2) is 8.05. The number of nitrogens with one attached hydrogen (secondary N) is 1. The maximum atomic E-state index is 11.4. The quantitative estimate of drug-likeness (QED) is 0.614. The summed E-state index contributed by atoms with van der Waals surface area (Å²) in [6, 6.07) is 0. The minimum absolute atomic E-state index is 0.182. The third kappa shape index (κ3) is 5.64. The molecular formula is C10H21NO2. The minimum Gasteiger partial charge on any atom is -0.385 e. The van der Waals surface area contributed by atoms with Gasteiger partial charge in [-0.3, -0.25) is 4.79 Å². The molecule has 0 saturated carbocycles. The Bertz CT molecular complexity index is 133. The van der Waals surface area contributed by atoms with Gasteiger partial charge in [-0.2, -0.15) is 0 Å². The number of ether oxygens (including phenoxy) is 1. The molecule has 1 amide bonds. The number of amides is 1. The van der Waals surface area contributed by atoms with Crippen LogP contribution in [-0.4, -0.2) is 26.2 Å². The SMILES string of the molecule is CCC(CC)C(=O)NCCCOC. The fourth-order valence-electron chi connectivity index (χ4n) is 1.23. The molecule has 0 aliphatic rings. The molecule has 0 rings (SSSR count). The zero-order valence-corrected chi connectivity index (χ0v) is 8.93. The molecule has 0 heterocycles. The van der Waals surface area contributed by atoms with Crippen molar-refractivity contribution >= 4 is 5.91 Å². The van der Waals surface area contributed by atoms with E-state index in [0.717, 1.165) is 25.8 Å². The average Bonchev–Trinajstić information content (AvgIpc) is 2.14. The fourth-order valence-corrected chi connectivity index (χ4v) is 1.23. The number of methoxy groups -OCH3 is 1. The Morgan fingerprint density at radius 2 is 2.00 bits per heavy atom. The van der Waals surface area contributed by atoms with Crippen molar-refractivity contribution in [3.05, 3.63) is 0 Å². The second-order valence-electron chi connectivity index (χ2n) is 3.15. The van der Waals surface area contributed by atoms with E-state index in [-0.39, 0.29) is 11.8 Å². The standard InChI is InChI=1S/C10H21NO2/c1-4-9(5-2)10(12)11-7-6-8-13-3/h9H,4-8H2,1-3H3,(H,11,12). The molecule has 0 radical (unpaired) electrons. The first-order valence-corrected chi connectivity index (χ1v) is 5.02. The fraction of sp³-hybridized carbons (Fsp3) is 0.900. The first-order valence-electron chi connectivity index (χ1n) is 5.02. The Hall–Kier alpha value is -0.570. The van der Waals surface area contributed by atoms with Gasteiger partial charge in [0.2, 0.25) is 5.91 Å². The van der Waals surface area contributed by atoms with Crippen LogP contribution in [0.25, 0.3) is 0 Å². The molecule has 0 bridgehead atoms. The highest BCUT2D eigenvalue weighted by Crippen LogP contribution is 2.06. The lowest BCUT2D eigenvalue weighted by Crippen LogP contribution is -2.31. The van der Waals surface area contributed by atoms with Gasteiger partial charge in [0.15, 0.2) is 0 Å². The Kier molecular flexibility index (Phi) is 7.69. The van der Waals surface area contributed by atoms with Crippen molar-refractivity contribution < 1.29 is 9.53 Å². The van der Waals surface area contributed by atoms with Gasteiger partial charge in [-0.05, 0) is 19.3 Å². The number of hydrogen-bond donors (Lipinski definition) is 1. The number of carbonyl (C=O) groups is 1. The molecule has 78 valence electrons. The number of hydrogen-bond acceptors (Lipinski definition) is 2. The minimum atomic E-state index is 0.182. The molecule has 1 N–H and O–H groups in total. The van der Waals surface area contributed by atoms with E-state index in [0.29, 0.717) is 6.61 Å². The van der Waals surface area contributed by atoms with Crippen molar-refractivity contribution in [3.63, 3.8) is 0 Å². The van der Waals surface area contributed by atoms with Gasteiger partial charge in [0.1, 0.15) is 0 Å². The van der Waals surface area contributed by atoms with Crippen molar-refractivity contribution in [1.29, 1.82) is 0 Å². The monoisotopic (exact) mass is 187 g/mol. The molecule has 0 saturated heterocycles. The predicted octanol–water partition coefficient (Wildman–Crippen LogP) is 1.58. The molecule has 0 aliphatic carbocycles. The van der Waals surface area contributed by atoms with Crippen LogP contribution < -0.4 is 5.32 Å². The summed E-state index contributed by atoms with van der Waals surface area (Å²) < 4.78 is 4.89. The van der Waals surface area contributed by atoms with Crippen LogP contribution in [0.1, 0.15) is 33.1 Å². The highest BCUT2D eigenvalue weighted by atomic mass is 16.5. The van der Waals surface area contributed by atoms with Gasteiger partial charge < -0.3 is 10.1 Å². The van der Waals surface area contributed by atoms with Crippen LogP contribution in [0.2, 0.25) is 0 Å². The van der Waals surface area contributed by atoms with Crippen LogP contribution in [0.4, 0.5) is 0 Å². The third-order valence-electron chi connectivity index (χ3n) is 2.18. The summed E-state index contributed by atoms with van der Waals surface area (Å²) in [5, 5.41) is 2.90. The van der Waals surface area contributed by atoms with Crippen LogP contribution in [0.5, 0.6) is 0 Å². The van der Waals surface area contributed by atoms with E-state index in [9.17, 15) is 4.79 Å². The van der Waals surface area contributed by atoms with E-state index in [1.54, 1.807) is 7.11 Å². The van der Waals surface area contributed by atoms with Crippen molar-refractivity contribution in [1.82, 2.24) is 5.32 Å². The molecule has 0 aromatic carbocycles. The maximum absolute atomic E-state index is 11.4. The van der Waals surface area contributed by atoms with Crippen molar-refractivity contribution in [2.24, 2.45) is 5.92 Å². The highest BCUT2D eigenvalue weighted by molar-refractivity contribution is 5.78. The molecule has 0 atom stereocenters. The van der Waals surface area contributed by atoms with Gasteiger partial charge in [-0.25, -0.2) is 0 Å². The average molecular weight is 187 g/mol. The third-order valence-corrected chi connectivity index (χ3v) is 2.18. The van der Waals surface area contributed by atoms with E-state index in [4.69, 9.17) is 4.74 Å².